The Balaban J connectivity index is 2.03. The molecule has 3 nitrogen and oxygen atoms in total. The third kappa shape index (κ3) is 5.18. The van der Waals surface area contributed by atoms with Crippen LogP contribution in [0.3, 0.4) is 0 Å². The Morgan fingerprint density at radius 3 is 2.52 bits per heavy atom. The number of unbranched alkanes of at least 4 members (excludes halogenated alkanes) is 3. The first-order chi connectivity index (χ1) is 10.2. The zero-order chi connectivity index (χ0) is 15.1. The highest BCUT2D eigenvalue weighted by molar-refractivity contribution is 6.32. The van der Waals surface area contributed by atoms with Gasteiger partial charge in [0.15, 0.2) is 0 Å². The highest BCUT2D eigenvalue weighted by atomic mass is 35.5. The average molecular weight is 325 g/mol. The lowest BCUT2D eigenvalue weighted by Gasteiger charge is -2.08. The summed E-state index contributed by atoms with van der Waals surface area (Å²) in [7, 11) is 0. The smallest absolute Gasteiger partial charge is 0.131 e. The van der Waals surface area contributed by atoms with Crippen LogP contribution in [0.25, 0.3) is 11.3 Å². The molecule has 2 aromatic rings. The fourth-order valence-corrected chi connectivity index (χ4v) is 2.45. The summed E-state index contributed by atoms with van der Waals surface area (Å²) in [4.78, 5) is 8.26. The first-order valence-corrected chi connectivity index (χ1v) is 7.87. The molecule has 0 bridgehead atoms. The molecule has 0 unspecified atom stereocenters. The normalized spacial score (nSPS) is 10.6. The van der Waals surface area contributed by atoms with Gasteiger partial charge in [-0.1, -0.05) is 49.4 Å². The Labute approximate surface area is 135 Å². The van der Waals surface area contributed by atoms with E-state index < -0.39 is 0 Å². The maximum atomic E-state index is 5.92. The summed E-state index contributed by atoms with van der Waals surface area (Å²) in [5.41, 5.74) is 1.60. The molecule has 0 spiro atoms. The average Bonchev–Trinajstić information content (AvgIpc) is 2.46. The van der Waals surface area contributed by atoms with Crippen LogP contribution < -0.4 is 4.74 Å². The second kappa shape index (κ2) is 8.20. The summed E-state index contributed by atoms with van der Waals surface area (Å²) in [6.45, 7) is 2.92. The van der Waals surface area contributed by atoms with E-state index in [0.717, 1.165) is 30.0 Å². The molecule has 0 amide bonds. The lowest BCUT2D eigenvalue weighted by molar-refractivity contribution is 0.305. The maximum absolute atomic E-state index is 5.92. The van der Waals surface area contributed by atoms with E-state index in [4.69, 9.17) is 27.9 Å². The molecule has 0 aromatic carbocycles. The van der Waals surface area contributed by atoms with Gasteiger partial charge in [-0.2, -0.15) is 0 Å². The number of hydrogen-bond donors (Lipinski definition) is 0. The van der Waals surface area contributed by atoms with Crippen LogP contribution in [0.5, 0.6) is 5.75 Å². The Morgan fingerprint density at radius 1 is 1.05 bits per heavy atom. The number of halogens is 2. The first-order valence-electron chi connectivity index (χ1n) is 7.11. The van der Waals surface area contributed by atoms with Crippen molar-refractivity contribution in [3.63, 3.8) is 0 Å². The van der Waals surface area contributed by atoms with Crippen molar-refractivity contribution in [2.24, 2.45) is 0 Å². The van der Waals surface area contributed by atoms with Crippen LogP contribution in [-0.2, 0) is 0 Å². The Morgan fingerprint density at radius 2 is 1.81 bits per heavy atom. The highest BCUT2D eigenvalue weighted by Gasteiger charge is 2.05. The molecule has 2 aromatic heterocycles. The largest absolute Gasteiger partial charge is 0.493 e. The number of aromatic nitrogens is 2. The molecule has 0 aliphatic rings. The summed E-state index contributed by atoms with van der Waals surface area (Å²) in [5.74, 6) is 0.806. The van der Waals surface area contributed by atoms with Crippen LogP contribution in [0.15, 0.2) is 30.5 Å². The third-order valence-corrected chi connectivity index (χ3v) is 3.44. The number of ether oxygens (including phenoxy) is 1. The van der Waals surface area contributed by atoms with E-state index in [9.17, 15) is 0 Å². The van der Waals surface area contributed by atoms with Crippen LogP contribution in [0, 0.1) is 0 Å². The van der Waals surface area contributed by atoms with Crippen molar-refractivity contribution in [3.05, 3.63) is 40.8 Å². The highest BCUT2D eigenvalue weighted by Crippen LogP contribution is 2.25. The van der Waals surface area contributed by atoms with Crippen molar-refractivity contribution < 1.29 is 4.74 Å². The second-order valence-electron chi connectivity index (χ2n) is 4.79. The molecule has 112 valence electrons. The van der Waals surface area contributed by atoms with Crippen molar-refractivity contribution in [1.29, 1.82) is 0 Å². The minimum atomic E-state index is 0.352. The quantitative estimate of drug-likeness (QED) is 0.504. The van der Waals surface area contributed by atoms with Gasteiger partial charge in [-0.15, -0.1) is 0 Å². The molecule has 2 rings (SSSR count). The van der Waals surface area contributed by atoms with Crippen molar-refractivity contribution in [2.75, 3.05) is 6.61 Å². The molecule has 0 saturated carbocycles. The van der Waals surface area contributed by atoms with Gasteiger partial charge in [-0.3, -0.25) is 4.98 Å². The van der Waals surface area contributed by atoms with E-state index in [1.165, 1.54) is 19.3 Å². The molecular weight excluding hydrogens is 307 g/mol. The summed E-state index contributed by atoms with van der Waals surface area (Å²) in [6, 6.07) is 7.22. The molecule has 0 aliphatic carbocycles. The summed E-state index contributed by atoms with van der Waals surface area (Å²) in [5, 5.41) is 0.704. The summed E-state index contributed by atoms with van der Waals surface area (Å²) in [6.07, 6.45) is 6.46. The standard InChI is InChI=1S/C16H18Cl2N2O/c1-2-3-4-5-8-21-13-6-7-19-14(11-13)12-9-15(17)20-16(18)10-12/h6-7,9-11H,2-5,8H2,1H3. The van der Waals surface area contributed by atoms with Gasteiger partial charge >= 0.3 is 0 Å². The molecule has 0 radical (unpaired) electrons. The molecule has 0 N–H and O–H groups in total. The van der Waals surface area contributed by atoms with E-state index in [2.05, 4.69) is 16.9 Å². The predicted octanol–water partition coefficient (Wildman–Crippen LogP) is 5.41. The van der Waals surface area contributed by atoms with E-state index in [1.54, 1.807) is 18.3 Å². The number of rotatable bonds is 7. The van der Waals surface area contributed by atoms with Crippen molar-refractivity contribution in [3.8, 4) is 17.0 Å². The lowest BCUT2D eigenvalue weighted by atomic mass is 10.2. The van der Waals surface area contributed by atoms with Gasteiger partial charge in [0.05, 0.1) is 12.3 Å². The van der Waals surface area contributed by atoms with Crippen LogP contribution >= 0.6 is 23.2 Å². The Bertz CT molecular complexity index is 570. The zero-order valence-corrected chi connectivity index (χ0v) is 13.5. The minimum Gasteiger partial charge on any atom is -0.493 e. The minimum absolute atomic E-state index is 0.352. The van der Waals surface area contributed by atoms with Crippen LogP contribution in [0.2, 0.25) is 10.3 Å². The summed E-state index contributed by atoms with van der Waals surface area (Å²) >= 11 is 11.8. The molecule has 0 fully saturated rings. The summed E-state index contributed by atoms with van der Waals surface area (Å²) < 4.78 is 5.75. The van der Waals surface area contributed by atoms with Gasteiger partial charge in [0, 0.05) is 17.8 Å². The fourth-order valence-electron chi connectivity index (χ4n) is 1.99. The fraction of sp³-hybridized carbons (Fsp3) is 0.375. The lowest BCUT2D eigenvalue weighted by Crippen LogP contribution is -1.98. The van der Waals surface area contributed by atoms with E-state index >= 15 is 0 Å². The number of pyridine rings is 2. The SMILES string of the molecule is CCCCCCOc1ccnc(-c2cc(Cl)nc(Cl)c2)c1. The number of hydrogen-bond acceptors (Lipinski definition) is 3. The van der Waals surface area contributed by atoms with Gasteiger partial charge < -0.3 is 4.74 Å². The topological polar surface area (TPSA) is 35.0 Å². The van der Waals surface area contributed by atoms with Gasteiger partial charge in [-0.25, -0.2) is 4.98 Å². The monoisotopic (exact) mass is 324 g/mol. The molecule has 2 heterocycles. The zero-order valence-electron chi connectivity index (χ0n) is 12.0. The van der Waals surface area contributed by atoms with Crippen LogP contribution in [0.1, 0.15) is 32.6 Å². The van der Waals surface area contributed by atoms with E-state index in [1.807, 2.05) is 12.1 Å². The molecule has 0 aliphatic heterocycles. The molecule has 0 atom stereocenters. The maximum Gasteiger partial charge on any atom is 0.131 e. The second-order valence-corrected chi connectivity index (χ2v) is 5.56. The Hall–Kier alpha value is -1.32. The van der Waals surface area contributed by atoms with Gasteiger partial charge in [0.1, 0.15) is 16.1 Å². The van der Waals surface area contributed by atoms with E-state index in [0.29, 0.717) is 10.3 Å². The van der Waals surface area contributed by atoms with Crippen LogP contribution in [-0.4, -0.2) is 16.6 Å². The molecule has 0 saturated heterocycles. The molecule has 5 heteroatoms. The first kappa shape index (κ1) is 16.1. The molecular formula is C16H18Cl2N2O. The van der Waals surface area contributed by atoms with Crippen molar-refractivity contribution in [2.45, 2.75) is 32.6 Å². The Kier molecular flexibility index (Phi) is 6.27. The van der Waals surface area contributed by atoms with Gasteiger partial charge in [-0.05, 0) is 24.6 Å². The van der Waals surface area contributed by atoms with Crippen LogP contribution in [0.4, 0.5) is 0 Å². The number of nitrogens with zero attached hydrogens (tertiary/aromatic N) is 2. The van der Waals surface area contributed by atoms with Crippen molar-refractivity contribution >= 4 is 23.2 Å². The predicted molar refractivity (Wildman–Crippen MR) is 87.1 cm³/mol. The molecule has 21 heavy (non-hydrogen) atoms. The van der Waals surface area contributed by atoms with E-state index in [-0.39, 0.29) is 0 Å². The third-order valence-electron chi connectivity index (χ3n) is 3.06. The van der Waals surface area contributed by atoms with Crippen molar-refractivity contribution in [1.82, 2.24) is 9.97 Å². The van der Waals surface area contributed by atoms with Gasteiger partial charge in [0.2, 0.25) is 0 Å². The van der Waals surface area contributed by atoms with Gasteiger partial charge in [0.25, 0.3) is 0 Å².